The van der Waals surface area contributed by atoms with E-state index in [9.17, 15) is 9.90 Å². The first kappa shape index (κ1) is 41.6. The summed E-state index contributed by atoms with van der Waals surface area (Å²) in [4.78, 5) is 12.1. The molecule has 1 unspecified atom stereocenters. The molecule has 0 aromatic rings. The van der Waals surface area contributed by atoms with E-state index in [0.717, 1.165) is 32.1 Å². The van der Waals surface area contributed by atoms with Crippen molar-refractivity contribution in [2.24, 2.45) is 0 Å². The first-order valence-electron chi connectivity index (χ1n) is 18.6. The Labute approximate surface area is 268 Å². The standard InChI is InChI=1S/C39H72O4/c1-3-5-7-9-11-13-15-17-19-21-23-25-27-29-31-33-35-42-37-38(36-40)43-39(41)34-32-30-28-26-24-22-20-18-16-14-12-10-8-6-4-2/h11,13,17-20,38,40H,3-10,12,14-16,21-37H2,1-2H3/b13-11-,19-17-,20-18-. The molecule has 1 N–H and O–H groups in total. The summed E-state index contributed by atoms with van der Waals surface area (Å²) in [6, 6.07) is 0. The molecule has 0 bridgehead atoms. The molecule has 0 aromatic heterocycles. The summed E-state index contributed by atoms with van der Waals surface area (Å²) in [6.45, 7) is 5.29. The number of unbranched alkanes of at least 4 members (excludes halogenated alkanes) is 20. The molecule has 0 saturated heterocycles. The molecule has 0 heterocycles. The monoisotopic (exact) mass is 605 g/mol. The smallest absolute Gasteiger partial charge is 0.306 e. The first-order chi connectivity index (χ1) is 21.2. The van der Waals surface area contributed by atoms with E-state index in [0.29, 0.717) is 13.0 Å². The number of hydrogen-bond donors (Lipinski definition) is 1. The number of rotatable bonds is 34. The lowest BCUT2D eigenvalue weighted by atomic mass is 10.1. The molecule has 0 spiro atoms. The third kappa shape index (κ3) is 35.0. The van der Waals surface area contributed by atoms with E-state index in [4.69, 9.17) is 9.47 Å². The van der Waals surface area contributed by atoms with Crippen LogP contribution < -0.4 is 0 Å². The summed E-state index contributed by atoms with van der Waals surface area (Å²) in [5, 5.41) is 9.55. The van der Waals surface area contributed by atoms with Gasteiger partial charge in [-0.3, -0.25) is 4.79 Å². The molecule has 0 aromatic carbocycles. The minimum atomic E-state index is -0.541. The van der Waals surface area contributed by atoms with Gasteiger partial charge in [-0.2, -0.15) is 0 Å². The molecule has 0 saturated carbocycles. The van der Waals surface area contributed by atoms with Crippen LogP contribution in [0.25, 0.3) is 0 Å². The Bertz CT molecular complexity index is 639. The van der Waals surface area contributed by atoms with Crippen molar-refractivity contribution in [2.45, 2.75) is 187 Å². The predicted octanol–water partition coefficient (Wildman–Crippen LogP) is 11.8. The number of carbonyl (C=O) groups is 1. The van der Waals surface area contributed by atoms with Crippen molar-refractivity contribution in [1.29, 1.82) is 0 Å². The highest BCUT2D eigenvalue weighted by atomic mass is 16.6. The van der Waals surface area contributed by atoms with Gasteiger partial charge in [-0.15, -0.1) is 0 Å². The predicted molar refractivity (Wildman–Crippen MR) is 187 cm³/mol. The summed E-state index contributed by atoms with van der Waals surface area (Å²) in [7, 11) is 0. The highest BCUT2D eigenvalue weighted by Crippen LogP contribution is 2.12. The zero-order valence-electron chi connectivity index (χ0n) is 28.7. The van der Waals surface area contributed by atoms with Crippen LogP contribution in [-0.2, 0) is 14.3 Å². The van der Waals surface area contributed by atoms with Crippen LogP contribution in [0.15, 0.2) is 36.5 Å². The van der Waals surface area contributed by atoms with Crippen molar-refractivity contribution in [1.82, 2.24) is 0 Å². The molecule has 0 rings (SSSR count). The Balaban J connectivity index is 3.48. The van der Waals surface area contributed by atoms with Crippen LogP contribution in [0.5, 0.6) is 0 Å². The zero-order chi connectivity index (χ0) is 31.3. The number of esters is 1. The molecular formula is C39H72O4. The third-order valence-corrected chi connectivity index (χ3v) is 7.94. The van der Waals surface area contributed by atoms with E-state index >= 15 is 0 Å². The van der Waals surface area contributed by atoms with Gasteiger partial charge in [-0.25, -0.2) is 0 Å². The Morgan fingerprint density at radius 3 is 1.51 bits per heavy atom. The van der Waals surface area contributed by atoms with Gasteiger partial charge in [0.25, 0.3) is 0 Å². The second kappa shape index (κ2) is 36.8. The molecule has 4 heteroatoms. The first-order valence-corrected chi connectivity index (χ1v) is 18.6. The van der Waals surface area contributed by atoms with Crippen molar-refractivity contribution in [3.05, 3.63) is 36.5 Å². The third-order valence-electron chi connectivity index (χ3n) is 7.94. The average Bonchev–Trinajstić information content (AvgIpc) is 3.01. The van der Waals surface area contributed by atoms with Crippen LogP contribution in [-0.4, -0.2) is 37.0 Å². The lowest BCUT2D eigenvalue weighted by Gasteiger charge is -2.15. The molecule has 0 aliphatic carbocycles. The van der Waals surface area contributed by atoms with E-state index in [1.807, 2.05) is 0 Å². The van der Waals surface area contributed by atoms with Gasteiger partial charge < -0.3 is 14.6 Å². The van der Waals surface area contributed by atoms with Crippen LogP contribution in [0.3, 0.4) is 0 Å². The van der Waals surface area contributed by atoms with Crippen LogP contribution >= 0.6 is 0 Å². The maximum atomic E-state index is 12.1. The van der Waals surface area contributed by atoms with Gasteiger partial charge in [-0.05, 0) is 70.6 Å². The number of carbonyl (C=O) groups excluding carboxylic acids is 1. The summed E-state index contributed by atoms with van der Waals surface area (Å²) < 4.78 is 11.1. The Morgan fingerprint density at radius 2 is 0.977 bits per heavy atom. The summed E-state index contributed by atoms with van der Waals surface area (Å²) in [5.74, 6) is -0.214. The molecular weight excluding hydrogens is 532 g/mol. The summed E-state index contributed by atoms with van der Waals surface area (Å²) in [6.07, 6.45) is 44.6. The summed E-state index contributed by atoms with van der Waals surface area (Å²) >= 11 is 0. The molecule has 4 nitrogen and oxygen atoms in total. The maximum absolute atomic E-state index is 12.1. The molecule has 0 aliphatic rings. The van der Waals surface area contributed by atoms with Gasteiger partial charge in [0, 0.05) is 13.0 Å². The number of hydrogen-bond acceptors (Lipinski definition) is 4. The fourth-order valence-electron chi connectivity index (χ4n) is 5.12. The maximum Gasteiger partial charge on any atom is 0.306 e. The van der Waals surface area contributed by atoms with Crippen LogP contribution in [0, 0.1) is 0 Å². The molecule has 0 amide bonds. The van der Waals surface area contributed by atoms with Gasteiger partial charge in [0.05, 0.1) is 13.2 Å². The SMILES string of the molecule is CCCCC/C=C\C/C=C\CCCCCCCCOCC(CO)OC(=O)CCCCCCC/C=C\CCCCCCCC. The lowest BCUT2D eigenvalue weighted by molar-refractivity contribution is -0.154. The molecule has 252 valence electrons. The largest absolute Gasteiger partial charge is 0.457 e. The van der Waals surface area contributed by atoms with E-state index in [2.05, 4.69) is 50.3 Å². The Kier molecular flexibility index (Phi) is 35.6. The van der Waals surface area contributed by atoms with Gasteiger partial charge in [0.1, 0.15) is 6.10 Å². The minimum absolute atomic E-state index is 0.179. The molecule has 43 heavy (non-hydrogen) atoms. The van der Waals surface area contributed by atoms with Crippen molar-refractivity contribution >= 4 is 5.97 Å². The van der Waals surface area contributed by atoms with E-state index < -0.39 is 6.10 Å². The van der Waals surface area contributed by atoms with E-state index in [1.165, 1.54) is 128 Å². The molecule has 0 aliphatic heterocycles. The minimum Gasteiger partial charge on any atom is -0.457 e. The normalized spacial score (nSPS) is 12.7. The van der Waals surface area contributed by atoms with Crippen molar-refractivity contribution < 1.29 is 19.4 Å². The second-order valence-electron chi connectivity index (χ2n) is 12.3. The van der Waals surface area contributed by atoms with Gasteiger partial charge >= 0.3 is 5.97 Å². The average molecular weight is 605 g/mol. The summed E-state index contributed by atoms with van der Waals surface area (Å²) in [5.41, 5.74) is 0. The zero-order valence-corrected chi connectivity index (χ0v) is 28.7. The van der Waals surface area contributed by atoms with Crippen molar-refractivity contribution in [3.8, 4) is 0 Å². The van der Waals surface area contributed by atoms with Crippen LogP contribution in [0.2, 0.25) is 0 Å². The van der Waals surface area contributed by atoms with E-state index in [1.54, 1.807) is 0 Å². The molecule has 1 atom stereocenters. The number of aliphatic hydroxyl groups excluding tert-OH is 1. The van der Waals surface area contributed by atoms with Crippen LogP contribution in [0.4, 0.5) is 0 Å². The number of aliphatic hydroxyl groups is 1. The van der Waals surface area contributed by atoms with Gasteiger partial charge in [0.15, 0.2) is 0 Å². The number of ether oxygens (including phenoxy) is 2. The number of allylic oxidation sites excluding steroid dienone is 6. The van der Waals surface area contributed by atoms with Gasteiger partial charge in [0.2, 0.25) is 0 Å². The quantitative estimate of drug-likeness (QED) is 0.0451. The fourth-order valence-corrected chi connectivity index (χ4v) is 5.12. The Morgan fingerprint density at radius 1 is 0.558 bits per heavy atom. The fraction of sp³-hybridized carbons (Fsp3) is 0.821. The molecule has 0 radical (unpaired) electrons. The Hall–Kier alpha value is -1.39. The highest BCUT2D eigenvalue weighted by Gasteiger charge is 2.13. The van der Waals surface area contributed by atoms with Crippen LogP contribution in [0.1, 0.15) is 181 Å². The van der Waals surface area contributed by atoms with Crippen molar-refractivity contribution in [2.75, 3.05) is 19.8 Å². The van der Waals surface area contributed by atoms with Crippen molar-refractivity contribution in [3.63, 3.8) is 0 Å². The van der Waals surface area contributed by atoms with E-state index in [-0.39, 0.29) is 19.2 Å². The highest BCUT2D eigenvalue weighted by molar-refractivity contribution is 5.69. The molecule has 0 fully saturated rings. The lowest BCUT2D eigenvalue weighted by Crippen LogP contribution is -2.27. The van der Waals surface area contributed by atoms with Gasteiger partial charge in [-0.1, -0.05) is 140 Å². The second-order valence-corrected chi connectivity index (χ2v) is 12.3. The topological polar surface area (TPSA) is 55.8 Å².